The molecule has 2 aromatic rings. The Morgan fingerprint density at radius 3 is 2.88 bits per heavy atom. The summed E-state index contributed by atoms with van der Waals surface area (Å²) in [5, 5.41) is 17.2. The number of nitriles is 1. The highest BCUT2D eigenvalue weighted by Gasteiger charge is 2.22. The first-order valence-corrected chi connectivity index (χ1v) is 7.00. The van der Waals surface area contributed by atoms with Crippen LogP contribution in [0.2, 0.25) is 0 Å². The summed E-state index contributed by atoms with van der Waals surface area (Å²) in [7, 11) is 0. The Morgan fingerprint density at radius 1 is 1.47 bits per heavy atom. The lowest BCUT2D eigenvalue weighted by molar-refractivity contribution is 0.401. The maximum absolute atomic E-state index is 8.76. The van der Waals surface area contributed by atoms with Gasteiger partial charge < -0.3 is 5.32 Å². The van der Waals surface area contributed by atoms with Crippen LogP contribution in [0.4, 0.5) is 0 Å². The van der Waals surface area contributed by atoms with Crippen LogP contribution in [0.3, 0.4) is 0 Å². The van der Waals surface area contributed by atoms with Crippen LogP contribution in [0.5, 0.6) is 0 Å². The lowest BCUT2D eigenvalue weighted by Crippen LogP contribution is -2.35. The molecule has 0 fully saturated rings. The molecule has 0 spiro atoms. The van der Waals surface area contributed by atoms with E-state index in [-0.39, 0.29) is 5.54 Å². The normalized spacial score (nSPS) is 11.4. The molecule has 0 aliphatic carbocycles. The molecule has 0 saturated carbocycles. The van der Waals surface area contributed by atoms with Crippen LogP contribution in [0, 0.1) is 11.3 Å². The molecule has 0 radical (unpaired) electrons. The van der Waals surface area contributed by atoms with E-state index in [9.17, 15) is 0 Å². The lowest BCUT2D eigenvalue weighted by atomic mass is 10.1. The van der Waals surface area contributed by atoms with E-state index in [1.165, 1.54) is 4.88 Å². The Morgan fingerprint density at radius 2 is 2.29 bits per heavy atom. The molecule has 0 aliphatic heterocycles. The number of nitrogens with one attached hydrogen (secondary N) is 1. The third-order valence-electron chi connectivity index (χ3n) is 2.45. The second-order valence-electron chi connectivity index (χ2n) is 4.23. The topological polar surface area (TPSA) is 48.7 Å². The highest BCUT2D eigenvalue weighted by Crippen LogP contribution is 2.23. The summed E-state index contributed by atoms with van der Waals surface area (Å²) in [6, 6.07) is 4.07. The van der Waals surface area contributed by atoms with Gasteiger partial charge in [0, 0.05) is 28.4 Å². The van der Waals surface area contributed by atoms with Crippen molar-refractivity contribution >= 4 is 22.7 Å². The molecular formula is C12H13N3S2. The van der Waals surface area contributed by atoms with Gasteiger partial charge in [-0.1, -0.05) is 0 Å². The fourth-order valence-corrected chi connectivity index (χ4v) is 2.94. The fraction of sp³-hybridized carbons (Fsp3) is 0.333. The minimum atomic E-state index is -0.134. The summed E-state index contributed by atoms with van der Waals surface area (Å²) in [5.74, 6) is 0. The van der Waals surface area contributed by atoms with Gasteiger partial charge in [-0.05, 0) is 19.9 Å². The highest BCUT2D eigenvalue weighted by atomic mass is 32.1. The monoisotopic (exact) mass is 263 g/mol. The van der Waals surface area contributed by atoms with Gasteiger partial charge in [0.15, 0.2) is 0 Å². The molecule has 2 heterocycles. The number of rotatable bonds is 4. The fourth-order valence-electron chi connectivity index (χ4n) is 1.45. The second kappa shape index (κ2) is 4.96. The molecule has 2 rings (SSSR count). The van der Waals surface area contributed by atoms with Gasteiger partial charge in [0.1, 0.15) is 11.1 Å². The molecule has 3 nitrogen and oxygen atoms in total. The number of hydrogen-bond acceptors (Lipinski definition) is 5. The number of thiazole rings is 1. The molecule has 0 saturated heterocycles. The number of aromatic nitrogens is 1. The molecule has 0 atom stereocenters. The van der Waals surface area contributed by atoms with Gasteiger partial charge in [-0.3, -0.25) is 0 Å². The van der Waals surface area contributed by atoms with Crippen molar-refractivity contribution in [2.24, 2.45) is 0 Å². The average molecular weight is 263 g/mol. The van der Waals surface area contributed by atoms with Crippen molar-refractivity contribution in [1.82, 2.24) is 10.3 Å². The Kier molecular flexibility index (Phi) is 3.57. The zero-order chi connectivity index (χ0) is 12.3. The molecule has 0 amide bonds. The first-order chi connectivity index (χ1) is 8.12. The predicted octanol–water partition coefficient (Wildman–Crippen LogP) is 3.10. The minimum Gasteiger partial charge on any atom is -0.301 e. The molecule has 2 aromatic heterocycles. The van der Waals surface area contributed by atoms with Crippen molar-refractivity contribution in [2.75, 3.05) is 0 Å². The minimum absolute atomic E-state index is 0.134. The van der Waals surface area contributed by atoms with Gasteiger partial charge in [-0.2, -0.15) is 5.26 Å². The molecule has 5 heteroatoms. The van der Waals surface area contributed by atoms with Crippen LogP contribution >= 0.6 is 22.7 Å². The van der Waals surface area contributed by atoms with E-state index in [0.29, 0.717) is 0 Å². The van der Waals surface area contributed by atoms with Crippen LogP contribution in [-0.2, 0) is 12.1 Å². The van der Waals surface area contributed by atoms with E-state index < -0.39 is 0 Å². The molecule has 0 aliphatic rings. The molecule has 0 unspecified atom stereocenters. The summed E-state index contributed by atoms with van der Waals surface area (Å²) >= 11 is 3.26. The number of thiophene rings is 1. The standard InChI is InChI=1S/C12H13N3S2/c1-12(2,11-14-3-4-16-11)15-7-10-5-9(6-13)8-17-10/h3-5,8,15H,7H2,1-2H3. The zero-order valence-electron chi connectivity index (χ0n) is 9.73. The third-order valence-corrected chi connectivity index (χ3v) is 4.49. The van der Waals surface area contributed by atoms with Crippen LogP contribution in [0.15, 0.2) is 23.0 Å². The summed E-state index contributed by atoms with van der Waals surface area (Å²) in [6.07, 6.45) is 1.82. The molecular weight excluding hydrogens is 250 g/mol. The SMILES string of the molecule is CC(C)(NCc1cc(C#N)cs1)c1nccs1. The summed E-state index contributed by atoms with van der Waals surface area (Å²) in [5.41, 5.74) is 0.601. The van der Waals surface area contributed by atoms with E-state index >= 15 is 0 Å². The molecule has 17 heavy (non-hydrogen) atoms. The Hall–Kier alpha value is -1.22. The second-order valence-corrected chi connectivity index (χ2v) is 6.12. The van der Waals surface area contributed by atoms with Gasteiger partial charge in [-0.25, -0.2) is 4.98 Å². The molecule has 0 aromatic carbocycles. The Bertz CT molecular complexity index is 520. The first kappa shape index (κ1) is 12.2. The van der Waals surface area contributed by atoms with Gasteiger partial charge in [0.25, 0.3) is 0 Å². The van der Waals surface area contributed by atoms with E-state index in [4.69, 9.17) is 5.26 Å². The predicted molar refractivity (Wildman–Crippen MR) is 71.0 cm³/mol. The van der Waals surface area contributed by atoms with E-state index in [2.05, 4.69) is 30.2 Å². The van der Waals surface area contributed by atoms with Gasteiger partial charge in [0.2, 0.25) is 0 Å². The van der Waals surface area contributed by atoms with Crippen LogP contribution in [-0.4, -0.2) is 4.98 Å². The van der Waals surface area contributed by atoms with Crippen molar-refractivity contribution < 1.29 is 0 Å². The quantitative estimate of drug-likeness (QED) is 0.922. The van der Waals surface area contributed by atoms with Gasteiger partial charge >= 0.3 is 0 Å². The van der Waals surface area contributed by atoms with Crippen LogP contribution < -0.4 is 5.32 Å². The van der Waals surface area contributed by atoms with Gasteiger partial charge in [-0.15, -0.1) is 22.7 Å². The van der Waals surface area contributed by atoms with Crippen LogP contribution in [0.25, 0.3) is 0 Å². The Labute approximate surface area is 109 Å². The van der Waals surface area contributed by atoms with Gasteiger partial charge in [0.05, 0.1) is 11.1 Å². The molecule has 88 valence electrons. The molecule has 0 bridgehead atoms. The summed E-state index contributed by atoms with van der Waals surface area (Å²) in [6.45, 7) is 4.99. The number of hydrogen-bond donors (Lipinski definition) is 1. The van der Waals surface area contributed by atoms with Crippen molar-refractivity contribution in [3.63, 3.8) is 0 Å². The summed E-state index contributed by atoms with van der Waals surface area (Å²) in [4.78, 5) is 5.50. The van der Waals surface area contributed by atoms with E-state index in [0.717, 1.165) is 17.1 Å². The first-order valence-electron chi connectivity index (χ1n) is 5.24. The summed E-state index contributed by atoms with van der Waals surface area (Å²) < 4.78 is 0. The lowest BCUT2D eigenvalue weighted by Gasteiger charge is -2.23. The Balaban J connectivity index is 2.00. The highest BCUT2D eigenvalue weighted by molar-refractivity contribution is 7.10. The van der Waals surface area contributed by atoms with Crippen molar-refractivity contribution in [3.05, 3.63) is 38.5 Å². The molecule has 1 N–H and O–H groups in total. The smallest absolute Gasteiger partial charge is 0.112 e. The third kappa shape index (κ3) is 2.91. The van der Waals surface area contributed by atoms with E-state index in [1.54, 1.807) is 22.7 Å². The van der Waals surface area contributed by atoms with Crippen LogP contribution in [0.1, 0.15) is 29.3 Å². The zero-order valence-corrected chi connectivity index (χ0v) is 11.4. The maximum atomic E-state index is 8.76. The maximum Gasteiger partial charge on any atom is 0.112 e. The largest absolute Gasteiger partial charge is 0.301 e. The van der Waals surface area contributed by atoms with Crippen molar-refractivity contribution in [3.8, 4) is 6.07 Å². The van der Waals surface area contributed by atoms with E-state index in [1.807, 2.05) is 23.0 Å². The van der Waals surface area contributed by atoms with Crippen molar-refractivity contribution in [2.45, 2.75) is 25.9 Å². The van der Waals surface area contributed by atoms with Crippen molar-refractivity contribution in [1.29, 1.82) is 5.26 Å². The average Bonchev–Trinajstić information content (AvgIpc) is 2.98. The number of nitrogens with zero attached hydrogens (tertiary/aromatic N) is 2.